The van der Waals surface area contributed by atoms with Crippen LogP contribution in [0, 0.1) is 6.92 Å². The minimum Gasteiger partial charge on any atom is -0.399 e. The van der Waals surface area contributed by atoms with E-state index in [0.29, 0.717) is 17.9 Å². The van der Waals surface area contributed by atoms with Gasteiger partial charge < -0.3 is 10.6 Å². The normalized spacial score (nSPS) is 16.2. The fraction of sp³-hybridized carbons (Fsp3) is 0.417. The molecule has 1 saturated heterocycles. The standard InChI is InChI=1S/C12H15F2N3/c1-8-5-10(15)6-11(16-8)17-4-2-3-9(7-17)12(13)14/h5-6H,2-4,7H2,1H3,(H2,15,16). The van der Waals surface area contributed by atoms with Gasteiger partial charge in [0.15, 0.2) is 0 Å². The Balaban J connectivity index is 2.25. The highest BCUT2D eigenvalue weighted by Gasteiger charge is 2.19. The third-order valence-electron chi connectivity index (χ3n) is 2.84. The van der Waals surface area contributed by atoms with Crippen LogP contribution in [-0.4, -0.2) is 18.1 Å². The van der Waals surface area contributed by atoms with Crippen LogP contribution in [0.15, 0.2) is 23.8 Å². The van der Waals surface area contributed by atoms with Crippen LogP contribution < -0.4 is 10.6 Å². The highest BCUT2D eigenvalue weighted by molar-refractivity contribution is 5.53. The molecule has 1 aromatic heterocycles. The molecule has 0 saturated carbocycles. The second kappa shape index (κ2) is 4.69. The number of aromatic nitrogens is 1. The number of piperidine rings is 1. The molecule has 17 heavy (non-hydrogen) atoms. The molecule has 2 rings (SSSR count). The molecule has 2 heterocycles. The molecule has 0 bridgehead atoms. The number of nitrogen functional groups attached to an aromatic ring is 1. The molecule has 2 N–H and O–H groups in total. The largest absolute Gasteiger partial charge is 0.399 e. The van der Waals surface area contributed by atoms with Gasteiger partial charge in [0.25, 0.3) is 6.08 Å². The van der Waals surface area contributed by atoms with E-state index in [1.165, 1.54) is 0 Å². The summed E-state index contributed by atoms with van der Waals surface area (Å²) in [5.41, 5.74) is 7.36. The lowest BCUT2D eigenvalue weighted by atomic mass is 10.1. The minimum absolute atomic E-state index is 0.207. The first-order valence-electron chi connectivity index (χ1n) is 5.58. The van der Waals surface area contributed by atoms with Crippen LogP contribution in [0.25, 0.3) is 0 Å². The number of anilines is 2. The van der Waals surface area contributed by atoms with Gasteiger partial charge in [-0.2, -0.15) is 8.78 Å². The van der Waals surface area contributed by atoms with Crippen molar-refractivity contribution in [2.24, 2.45) is 0 Å². The zero-order valence-corrected chi connectivity index (χ0v) is 9.71. The van der Waals surface area contributed by atoms with Crippen molar-refractivity contribution in [3.05, 3.63) is 29.5 Å². The molecule has 3 nitrogen and oxygen atoms in total. The number of nitrogens with zero attached hydrogens (tertiary/aromatic N) is 2. The third-order valence-corrected chi connectivity index (χ3v) is 2.84. The summed E-state index contributed by atoms with van der Waals surface area (Å²) in [7, 11) is 0. The molecule has 0 amide bonds. The van der Waals surface area contributed by atoms with Crippen molar-refractivity contribution in [1.82, 2.24) is 4.98 Å². The zero-order valence-electron chi connectivity index (χ0n) is 9.71. The van der Waals surface area contributed by atoms with Crippen LogP contribution >= 0.6 is 0 Å². The number of hydrogen-bond acceptors (Lipinski definition) is 3. The van der Waals surface area contributed by atoms with E-state index in [1.54, 1.807) is 12.1 Å². The Bertz CT molecular complexity index is 433. The summed E-state index contributed by atoms with van der Waals surface area (Å²) < 4.78 is 25.2. The van der Waals surface area contributed by atoms with Crippen LogP contribution in [0.4, 0.5) is 20.3 Å². The highest BCUT2D eigenvalue weighted by atomic mass is 19.3. The van der Waals surface area contributed by atoms with Crippen molar-refractivity contribution in [2.45, 2.75) is 19.8 Å². The van der Waals surface area contributed by atoms with Gasteiger partial charge in [-0.15, -0.1) is 0 Å². The summed E-state index contributed by atoms with van der Waals surface area (Å²) in [5, 5.41) is 0. The fourth-order valence-corrected chi connectivity index (χ4v) is 2.06. The Hall–Kier alpha value is -1.65. The molecule has 92 valence electrons. The Kier molecular flexibility index (Phi) is 3.26. The van der Waals surface area contributed by atoms with Gasteiger partial charge >= 0.3 is 0 Å². The van der Waals surface area contributed by atoms with E-state index in [1.807, 2.05) is 11.8 Å². The molecule has 1 aliphatic heterocycles. The van der Waals surface area contributed by atoms with Crippen LogP contribution in [0.5, 0.6) is 0 Å². The minimum atomic E-state index is -1.56. The molecular formula is C12H15F2N3. The third kappa shape index (κ3) is 2.72. The van der Waals surface area contributed by atoms with Crippen molar-refractivity contribution in [1.29, 1.82) is 0 Å². The second-order valence-corrected chi connectivity index (χ2v) is 4.29. The molecular weight excluding hydrogens is 224 g/mol. The van der Waals surface area contributed by atoms with Crippen molar-refractivity contribution in [3.63, 3.8) is 0 Å². The van der Waals surface area contributed by atoms with E-state index in [-0.39, 0.29) is 12.1 Å². The molecule has 0 spiro atoms. The molecule has 1 aliphatic rings. The molecule has 0 atom stereocenters. The Labute approximate surface area is 98.9 Å². The second-order valence-electron chi connectivity index (χ2n) is 4.29. The lowest BCUT2D eigenvalue weighted by molar-refractivity contribution is 0.400. The van der Waals surface area contributed by atoms with E-state index in [9.17, 15) is 8.78 Å². The van der Waals surface area contributed by atoms with Gasteiger partial charge in [-0.05, 0) is 25.8 Å². The van der Waals surface area contributed by atoms with E-state index < -0.39 is 6.08 Å². The average Bonchev–Trinajstić information content (AvgIpc) is 2.28. The maximum atomic E-state index is 12.6. The number of pyridine rings is 1. The van der Waals surface area contributed by atoms with Gasteiger partial charge in [-0.25, -0.2) is 4.98 Å². The number of rotatable bonds is 1. The average molecular weight is 239 g/mol. The van der Waals surface area contributed by atoms with E-state index in [4.69, 9.17) is 5.73 Å². The Morgan fingerprint density at radius 2 is 2.18 bits per heavy atom. The highest BCUT2D eigenvalue weighted by Crippen LogP contribution is 2.25. The monoisotopic (exact) mass is 239 g/mol. The summed E-state index contributed by atoms with van der Waals surface area (Å²) in [6.45, 7) is 2.83. The van der Waals surface area contributed by atoms with Crippen molar-refractivity contribution >= 4 is 11.5 Å². The lowest BCUT2D eigenvalue weighted by Crippen LogP contribution is -2.32. The van der Waals surface area contributed by atoms with Gasteiger partial charge in [0.2, 0.25) is 0 Å². The molecule has 1 aromatic rings. The van der Waals surface area contributed by atoms with Gasteiger partial charge in [0, 0.05) is 36.1 Å². The quantitative estimate of drug-likeness (QED) is 0.819. The zero-order chi connectivity index (χ0) is 12.4. The number of halogens is 2. The fourth-order valence-electron chi connectivity index (χ4n) is 2.06. The van der Waals surface area contributed by atoms with Crippen LogP contribution in [-0.2, 0) is 0 Å². The summed E-state index contributed by atoms with van der Waals surface area (Å²) in [5.74, 6) is 0.681. The maximum absolute atomic E-state index is 12.6. The number of nitrogens with two attached hydrogens (primary N) is 1. The number of aryl methyl sites for hydroxylation is 1. The predicted octanol–water partition coefficient (Wildman–Crippen LogP) is 2.72. The van der Waals surface area contributed by atoms with Crippen LogP contribution in [0.2, 0.25) is 0 Å². The van der Waals surface area contributed by atoms with Gasteiger partial charge in [0.05, 0.1) is 0 Å². The van der Waals surface area contributed by atoms with E-state index in [2.05, 4.69) is 4.98 Å². The molecule has 0 aliphatic carbocycles. The van der Waals surface area contributed by atoms with Crippen molar-refractivity contribution in [3.8, 4) is 0 Å². The summed E-state index contributed by atoms with van der Waals surface area (Å²) in [6, 6.07) is 3.49. The van der Waals surface area contributed by atoms with E-state index in [0.717, 1.165) is 18.7 Å². The van der Waals surface area contributed by atoms with Gasteiger partial charge in [-0.3, -0.25) is 0 Å². The van der Waals surface area contributed by atoms with Crippen molar-refractivity contribution < 1.29 is 8.78 Å². The lowest BCUT2D eigenvalue weighted by Gasteiger charge is -2.29. The first-order valence-corrected chi connectivity index (χ1v) is 5.58. The molecule has 5 heteroatoms. The van der Waals surface area contributed by atoms with E-state index >= 15 is 0 Å². The van der Waals surface area contributed by atoms with Crippen molar-refractivity contribution in [2.75, 3.05) is 23.7 Å². The Morgan fingerprint density at radius 1 is 1.41 bits per heavy atom. The predicted molar refractivity (Wildman–Crippen MR) is 64.1 cm³/mol. The molecule has 0 aromatic carbocycles. The molecule has 1 fully saturated rings. The summed E-state index contributed by atoms with van der Waals surface area (Å²) >= 11 is 0. The van der Waals surface area contributed by atoms with Crippen LogP contribution in [0.3, 0.4) is 0 Å². The number of hydrogen-bond donors (Lipinski definition) is 1. The first kappa shape index (κ1) is 11.8. The molecule has 0 unspecified atom stereocenters. The summed E-state index contributed by atoms with van der Waals surface area (Å²) in [6.07, 6.45) is -0.363. The van der Waals surface area contributed by atoms with Crippen LogP contribution in [0.1, 0.15) is 18.5 Å². The summed E-state index contributed by atoms with van der Waals surface area (Å²) in [4.78, 5) is 6.18. The Morgan fingerprint density at radius 3 is 2.82 bits per heavy atom. The molecule has 0 radical (unpaired) electrons. The van der Waals surface area contributed by atoms with Gasteiger partial charge in [0.1, 0.15) is 5.82 Å². The topological polar surface area (TPSA) is 42.1 Å². The smallest absolute Gasteiger partial charge is 0.271 e. The maximum Gasteiger partial charge on any atom is 0.271 e. The van der Waals surface area contributed by atoms with Gasteiger partial charge in [-0.1, -0.05) is 0 Å². The SMILES string of the molecule is Cc1cc(N)cc(N2CCCC(=C(F)F)C2)n1. The first-order chi connectivity index (χ1) is 8.06.